The molecule has 2 atom stereocenters. The smallest absolute Gasteiger partial charge is 0.224 e. The van der Waals surface area contributed by atoms with Crippen molar-refractivity contribution in [2.45, 2.75) is 52.5 Å². The van der Waals surface area contributed by atoms with Crippen LogP contribution in [0.5, 0.6) is 0 Å². The maximum atomic E-state index is 14.4. The van der Waals surface area contributed by atoms with Crippen molar-refractivity contribution in [2.24, 2.45) is 5.92 Å². The van der Waals surface area contributed by atoms with Crippen molar-refractivity contribution in [3.63, 3.8) is 0 Å². The minimum absolute atomic E-state index is 0.0301. The van der Waals surface area contributed by atoms with E-state index in [1.807, 2.05) is 13.0 Å². The lowest BCUT2D eigenvalue weighted by atomic mass is 9.91. The standard InChI is InChI=1S/C17H25FN2O/c1-4-11(3)8-16(19-5-2)13-9-12-6-7-17(21)20-15(12)10-14(13)18/h9-11,16,19H,4-8H2,1-3H3,(H,20,21). The third kappa shape index (κ3) is 3.82. The molecule has 1 aliphatic rings. The van der Waals surface area contributed by atoms with Gasteiger partial charge in [0.05, 0.1) is 0 Å². The van der Waals surface area contributed by atoms with Gasteiger partial charge in [0.2, 0.25) is 5.91 Å². The van der Waals surface area contributed by atoms with Crippen LogP contribution in [0, 0.1) is 11.7 Å². The van der Waals surface area contributed by atoms with Crippen LogP contribution in [0.2, 0.25) is 0 Å². The minimum Gasteiger partial charge on any atom is -0.326 e. The Bertz CT molecular complexity index is 516. The summed E-state index contributed by atoms with van der Waals surface area (Å²) in [6.07, 6.45) is 3.18. The summed E-state index contributed by atoms with van der Waals surface area (Å²) in [4.78, 5) is 11.4. The van der Waals surface area contributed by atoms with Gasteiger partial charge < -0.3 is 10.6 Å². The largest absolute Gasteiger partial charge is 0.326 e. The number of anilines is 1. The fourth-order valence-electron chi connectivity index (χ4n) is 2.82. The van der Waals surface area contributed by atoms with Crippen LogP contribution in [0.4, 0.5) is 10.1 Å². The summed E-state index contributed by atoms with van der Waals surface area (Å²) in [6, 6.07) is 3.44. The molecular formula is C17H25FN2O. The average Bonchev–Trinajstić information content (AvgIpc) is 2.45. The molecule has 116 valence electrons. The number of fused-ring (bicyclic) bond motifs is 1. The summed E-state index contributed by atoms with van der Waals surface area (Å²) in [7, 11) is 0. The van der Waals surface area contributed by atoms with E-state index >= 15 is 0 Å². The highest BCUT2D eigenvalue weighted by atomic mass is 19.1. The Balaban J connectivity index is 2.30. The number of carbonyl (C=O) groups excluding carboxylic acids is 1. The Morgan fingerprint density at radius 2 is 2.10 bits per heavy atom. The molecule has 3 nitrogen and oxygen atoms in total. The van der Waals surface area contributed by atoms with Crippen LogP contribution in [-0.2, 0) is 11.2 Å². The Morgan fingerprint density at radius 3 is 2.76 bits per heavy atom. The van der Waals surface area contributed by atoms with E-state index in [4.69, 9.17) is 0 Å². The molecule has 2 rings (SSSR count). The average molecular weight is 292 g/mol. The Morgan fingerprint density at radius 1 is 1.33 bits per heavy atom. The van der Waals surface area contributed by atoms with Gasteiger partial charge >= 0.3 is 0 Å². The maximum absolute atomic E-state index is 14.4. The van der Waals surface area contributed by atoms with Gasteiger partial charge in [-0.15, -0.1) is 0 Å². The minimum atomic E-state index is -0.231. The van der Waals surface area contributed by atoms with E-state index in [1.54, 1.807) is 0 Å². The second-order valence-electron chi connectivity index (χ2n) is 5.94. The van der Waals surface area contributed by atoms with Crippen molar-refractivity contribution in [2.75, 3.05) is 11.9 Å². The Kier molecular flexibility index (Phi) is 5.34. The number of hydrogen-bond acceptors (Lipinski definition) is 2. The molecule has 0 saturated heterocycles. The van der Waals surface area contributed by atoms with E-state index in [0.717, 1.165) is 30.5 Å². The second-order valence-corrected chi connectivity index (χ2v) is 5.94. The predicted octanol–water partition coefficient (Wildman–Crippen LogP) is 3.80. The number of halogens is 1. The Hall–Kier alpha value is -1.42. The van der Waals surface area contributed by atoms with Crippen molar-refractivity contribution in [1.29, 1.82) is 0 Å². The molecule has 0 saturated carbocycles. The molecule has 1 aliphatic heterocycles. The van der Waals surface area contributed by atoms with Crippen LogP contribution in [0.1, 0.15) is 57.2 Å². The van der Waals surface area contributed by atoms with Gasteiger partial charge in [0.15, 0.2) is 0 Å². The molecule has 0 radical (unpaired) electrons. The summed E-state index contributed by atoms with van der Waals surface area (Å²) < 4.78 is 14.4. The number of benzene rings is 1. The molecule has 2 unspecified atom stereocenters. The SMILES string of the molecule is CCNC(CC(C)CC)c1cc2c(cc1F)NC(=O)CC2. The topological polar surface area (TPSA) is 41.1 Å². The fourth-order valence-corrected chi connectivity index (χ4v) is 2.82. The molecule has 0 aromatic heterocycles. The summed E-state index contributed by atoms with van der Waals surface area (Å²) in [5.74, 6) is 0.284. The van der Waals surface area contributed by atoms with Crippen LogP contribution in [-0.4, -0.2) is 12.5 Å². The van der Waals surface area contributed by atoms with Crippen LogP contribution in [0.15, 0.2) is 12.1 Å². The first-order chi connectivity index (χ1) is 10.0. The van der Waals surface area contributed by atoms with E-state index in [9.17, 15) is 9.18 Å². The van der Waals surface area contributed by atoms with Crippen molar-refractivity contribution in [3.8, 4) is 0 Å². The number of amides is 1. The lowest BCUT2D eigenvalue weighted by Gasteiger charge is -2.25. The summed E-state index contributed by atoms with van der Waals surface area (Å²) in [5.41, 5.74) is 2.40. The molecule has 1 aromatic rings. The van der Waals surface area contributed by atoms with Crippen molar-refractivity contribution in [3.05, 3.63) is 29.1 Å². The first-order valence-electron chi connectivity index (χ1n) is 7.90. The zero-order valence-corrected chi connectivity index (χ0v) is 13.1. The van der Waals surface area contributed by atoms with E-state index in [-0.39, 0.29) is 17.8 Å². The molecule has 1 amide bonds. The normalized spacial score (nSPS) is 17.0. The van der Waals surface area contributed by atoms with Gasteiger partial charge in [-0.1, -0.05) is 27.2 Å². The molecule has 0 bridgehead atoms. The third-order valence-corrected chi connectivity index (χ3v) is 4.28. The fraction of sp³-hybridized carbons (Fsp3) is 0.588. The number of carbonyl (C=O) groups is 1. The zero-order valence-electron chi connectivity index (χ0n) is 13.1. The zero-order chi connectivity index (χ0) is 15.4. The molecule has 1 aromatic carbocycles. The lowest BCUT2D eigenvalue weighted by molar-refractivity contribution is -0.116. The van der Waals surface area contributed by atoms with E-state index in [2.05, 4.69) is 24.5 Å². The third-order valence-electron chi connectivity index (χ3n) is 4.28. The highest BCUT2D eigenvalue weighted by Gasteiger charge is 2.22. The monoisotopic (exact) mass is 292 g/mol. The number of rotatable bonds is 6. The molecule has 0 spiro atoms. The van der Waals surface area contributed by atoms with E-state index < -0.39 is 0 Å². The van der Waals surface area contributed by atoms with Crippen LogP contribution >= 0.6 is 0 Å². The van der Waals surface area contributed by atoms with Gasteiger partial charge in [0, 0.05) is 23.7 Å². The maximum Gasteiger partial charge on any atom is 0.224 e. The predicted molar refractivity (Wildman–Crippen MR) is 83.8 cm³/mol. The number of nitrogens with one attached hydrogen (secondary N) is 2. The van der Waals surface area contributed by atoms with Crippen LogP contribution in [0.3, 0.4) is 0 Å². The molecule has 0 aliphatic carbocycles. The molecule has 4 heteroatoms. The summed E-state index contributed by atoms with van der Waals surface area (Å²) >= 11 is 0. The van der Waals surface area contributed by atoms with Crippen LogP contribution < -0.4 is 10.6 Å². The molecule has 0 fully saturated rings. The van der Waals surface area contributed by atoms with Gasteiger partial charge in [-0.2, -0.15) is 0 Å². The lowest BCUT2D eigenvalue weighted by Crippen LogP contribution is -2.25. The highest BCUT2D eigenvalue weighted by Crippen LogP contribution is 2.31. The van der Waals surface area contributed by atoms with Gasteiger partial charge in [0.25, 0.3) is 0 Å². The molecule has 1 heterocycles. The number of hydrogen-bond donors (Lipinski definition) is 2. The van der Waals surface area contributed by atoms with Crippen molar-refractivity contribution in [1.82, 2.24) is 5.32 Å². The quantitative estimate of drug-likeness (QED) is 0.837. The van der Waals surface area contributed by atoms with Crippen molar-refractivity contribution < 1.29 is 9.18 Å². The Labute approximate surface area is 126 Å². The van der Waals surface area contributed by atoms with Gasteiger partial charge in [-0.3, -0.25) is 4.79 Å². The summed E-state index contributed by atoms with van der Waals surface area (Å²) in [5, 5.41) is 6.14. The van der Waals surface area contributed by atoms with Gasteiger partial charge in [0.1, 0.15) is 5.82 Å². The number of aryl methyl sites for hydroxylation is 1. The van der Waals surface area contributed by atoms with Crippen molar-refractivity contribution >= 4 is 11.6 Å². The molecular weight excluding hydrogens is 267 g/mol. The first kappa shape index (κ1) is 16.0. The van der Waals surface area contributed by atoms with Crippen LogP contribution in [0.25, 0.3) is 0 Å². The molecule has 2 N–H and O–H groups in total. The van der Waals surface area contributed by atoms with Gasteiger partial charge in [-0.05, 0) is 43.0 Å². The van der Waals surface area contributed by atoms with Gasteiger partial charge in [-0.25, -0.2) is 4.39 Å². The van der Waals surface area contributed by atoms with E-state index in [1.165, 1.54) is 6.07 Å². The van der Waals surface area contributed by atoms with E-state index in [0.29, 0.717) is 24.4 Å². The highest BCUT2D eigenvalue weighted by molar-refractivity contribution is 5.93. The second kappa shape index (κ2) is 7.03. The first-order valence-corrected chi connectivity index (χ1v) is 7.90. The summed E-state index contributed by atoms with van der Waals surface area (Å²) in [6.45, 7) is 7.21. The molecule has 21 heavy (non-hydrogen) atoms.